The van der Waals surface area contributed by atoms with E-state index in [1.807, 2.05) is 6.92 Å². The average Bonchev–Trinajstić information content (AvgIpc) is 2.38. The van der Waals surface area contributed by atoms with Crippen molar-refractivity contribution in [3.63, 3.8) is 0 Å². The van der Waals surface area contributed by atoms with E-state index in [1.165, 1.54) is 0 Å². The van der Waals surface area contributed by atoms with E-state index in [2.05, 4.69) is 10.3 Å². The Bertz CT molecular complexity index is 598. The third-order valence-corrected chi connectivity index (χ3v) is 3.17. The number of rotatable bonds is 7. The van der Waals surface area contributed by atoms with Gasteiger partial charge in [0.2, 0.25) is 0 Å². The Kier molecular flexibility index (Phi) is 6.29. The molecule has 0 saturated carbocycles. The quantitative estimate of drug-likeness (QED) is 0.263. The van der Waals surface area contributed by atoms with E-state index < -0.39 is 10.9 Å². The van der Waals surface area contributed by atoms with Crippen molar-refractivity contribution in [3.05, 3.63) is 26.0 Å². The zero-order valence-corrected chi connectivity index (χ0v) is 13.1. The van der Waals surface area contributed by atoms with Crippen molar-refractivity contribution in [1.29, 1.82) is 0 Å². The van der Waals surface area contributed by atoms with Crippen molar-refractivity contribution in [2.24, 2.45) is 0 Å². The summed E-state index contributed by atoms with van der Waals surface area (Å²) >= 11 is 5.00. The average molecular weight is 313 g/mol. The van der Waals surface area contributed by atoms with Gasteiger partial charge in [-0.05, 0) is 20.3 Å². The number of aromatic amines is 1. The molecule has 0 aliphatic rings. The number of H-pyrrole nitrogens is 1. The number of aromatic nitrogens is 1. The topological polar surface area (TPSA) is 97.3 Å². The van der Waals surface area contributed by atoms with Crippen LogP contribution in [0.2, 0.25) is 0 Å². The molecule has 0 amide bonds. The number of anilines is 1. The van der Waals surface area contributed by atoms with Gasteiger partial charge >= 0.3 is 11.7 Å². The Hall–Kier alpha value is -1.96. The van der Waals surface area contributed by atoms with Crippen molar-refractivity contribution >= 4 is 29.6 Å². The van der Waals surface area contributed by atoms with E-state index in [1.54, 1.807) is 13.8 Å². The Morgan fingerprint density at radius 2 is 2.14 bits per heavy atom. The zero-order valence-electron chi connectivity index (χ0n) is 12.3. The maximum absolute atomic E-state index is 12.1. The highest BCUT2D eigenvalue weighted by Crippen LogP contribution is 2.31. The highest BCUT2D eigenvalue weighted by atomic mass is 32.1. The molecule has 21 heavy (non-hydrogen) atoms. The first-order valence-electron chi connectivity index (χ1n) is 6.76. The molecule has 1 aromatic heterocycles. The van der Waals surface area contributed by atoms with Gasteiger partial charge in [0.15, 0.2) is 4.64 Å². The number of aryl methyl sites for hydroxylation is 1. The molecule has 116 valence electrons. The number of nitrogens with one attached hydrogen (secondary N) is 2. The lowest BCUT2D eigenvalue weighted by Gasteiger charge is -2.14. The van der Waals surface area contributed by atoms with Gasteiger partial charge in [0, 0.05) is 12.2 Å². The molecule has 0 aliphatic heterocycles. The highest BCUT2D eigenvalue weighted by Gasteiger charge is 2.27. The minimum Gasteiger partial charge on any atom is -0.462 e. The predicted octanol–water partition coefficient (Wildman–Crippen LogP) is 3.35. The first kappa shape index (κ1) is 17.1. The summed E-state index contributed by atoms with van der Waals surface area (Å²) in [6.07, 6.45) is 1.75. The fourth-order valence-corrected chi connectivity index (χ4v) is 2.24. The smallest absolute Gasteiger partial charge is 0.342 e. The van der Waals surface area contributed by atoms with Crippen molar-refractivity contribution in [2.75, 3.05) is 18.5 Å². The van der Waals surface area contributed by atoms with Crippen LogP contribution in [0, 0.1) is 21.7 Å². The van der Waals surface area contributed by atoms with Crippen LogP contribution in [-0.4, -0.2) is 29.0 Å². The van der Waals surface area contributed by atoms with Crippen LogP contribution in [0.5, 0.6) is 0 Å². The van der Waals surface area contributed by atoms with Crippen molar-refractivity contribution in [2.45, 2.75) is 33.6 Å². The van der Waals surface area contributed by atoms with Crippen LogP contribution in [0.3, 0.4) is 0 Å². The van der Waals surface area contributed by atoms with Crippen LogP contribution in [0.25, 0.3) is 0 Å². The molecule has 0 radical (unpaired) electrons. The number of nitro groups is 1. The summed E-state index contributed by atoms with van der Waals surface area (Å²) in [6, 6.07) is 0. The summed E-state index contributed by atoms with van der Waals surface area (Å²) < 4.78 is 4.97. The molecule has 0 aromatic carbocycles. The summed E-state index contributed by atoms with van der Waals surface area (Å²) in [4.78, 5) is 25.4. The van der Waals surface area contributed by atoms with Crippen molar-refractivity contribution in [3.8, 4) is 0 Å². The number of carbonyl (C=O) groups excluding carboxylic acids is 1. The Morgan fingerprint density at radius 1 is 1.48 bits per heavy atom. The van der Waals surface area contributed by atoms with Crippen LogP contribution < -0.4 is 5.32 Å². The molecule has 1 aromatic rings. The molecule has 0 bridgehead atoms. The lowest BCUT2D eigenvalue weighted by Crippen LogP contribution is -2.15. The van der Waals surface area contributed by atoms with Gasteiger partial charge in [0.25, 0.3) is 0 Å². The summed E-state index contributed by atoms with van der Waals surface area (Å²) in [5.74, 6) is -0.608. The van der Waals surface area contributed by atoms with Gasteiger partial charge in [-0.2, -0.15) is 0 Å². The maximum Gasteiger partial charge on any atom is 0.342 e. The van der Waals surface area contributed by atoms with E-state index in [-0.39, 0.29) is 28.2 Å². The van der Waals surface area contributed by atoms with E-state index in [4.69, 9.17) is 17.0 Å². The molecule has 2 N–H and O–H groups in total. The normalized spacial score (nSPS) is 10.2. The van der Waals surface area contributed by atoms with Gasteiger partial charge in [-0.25, -0.2) is 4.79 Å². The third-order valence-electron chi connectivity index (χ3n) is 2.87. The number of ether oxygens (including phenoxy) is 1. The zero-order chi connectivity index (χ0) is 16.0. The second-order valence-corrected chi connectivity index (χ2v) is 4.84. The summed E-state index contributed by atoms with van der Waals surface area (Å²) in [6.45, 7) is 6.02. The van der Waals surface area contributed by atoms with Crippen LogP contribution in [-0.2, 0) is 4.74 Å². The second kappa shape index (κ2) is 7.72. The van der Waals surface area contributed by atoms with Crippen LogP contribution >= 0.6 is 12.2 Å². The second-order valence-electron chi connectivity index (χ2n) is 4.44. The molecular formula is C13H19N3O4S. The Balaban J connectivity index is 3.44. The number of unbranched alkanes of at least 4 members (excludes halogenated alkanes) is 1. The molecule has 1 heterocycles. The largest absolute Gasteiger partial charge is 0.462 e. The lowest BCUT2D eigenvalue weighted by atomic mass is 10.1. The molecule has 0 atom stereocenters. The van der Waals surface area contributed by atoms with Crippen molar-refractivity contribution in [1.82, 2.24) is 4.98 Å². The minimum absolute atomic E-state index is 0.00968. The molecular weight excluding hydrogens is 294 g/mol. The van der Waals surface area contributed by atoms with E-state index in [0.29, 0.717) is 12.2 Å². The predicted molar refractivity (Wildman–Crippen MR) is 82.4 cm³/mol. The molecule has 0 spiro atoms. The molecule has 8 heteroatoms. The third kappa shape index (κ3) is 4.01. The van der Waals surface area contributed by atoms with Crippen LogP contribution in [0.1, 0.15) is 42.7 Å². The van der Waals surface area contributed by atoms with E-state index in [0.717, 1.165) is 12.8 Å². The first-order chi connectivity index (χ1) is 9.93. The Morgan fingerprint density at radius 3 is 2.67 bits per heavy atom. The number of pyridine rings is 1. The standard InChI is InChI=1S/C13H19N3O4S/c1-4-6-7-14-10-9(13(17)20-5-2)8(3)15-12(21)11(10)16(18)19/h4-7H2,1-3H3,(H2,14,15,21). The summed E-state index contributed by atoms with van der Waals surface area (Å²) in [5, 5.41) is 14.2. The number of nitrogens with zero attached hydrogens (tertiary/aromatic N) is 1. The molecule has 7 nitrogen and oxygen atoms in total. The number of hydrogen-bond donors (Lipinski definition) is 2. The number of esters is 1. The lowest BCUT2D eigenvalue weighted by molar-refractivity contribution is -0.384. The van der Waals surface area contributed by atoms with Crippen LogP contribution in [0.4, 0.5) is 11.4 Å². The fourth-order valence-electron chi connectivity index (χ4n) is 1.91. The van der Waals surface area contributed by atoms with Crippen LogP contribution in [0.15, 0.2) is 0 Å². The number of carbonyl (C=O) groups is 1. The summed E-state index contributed by atoms with van der Waals surface area (Å²) in [7, 11) is 0. The SMILES string of the molecule is CCCCNc1c(C(=O)OCC)c(C)[nH]c(=S)c1[N+](=O)[O-]. The highest BCUT2D eigenvalue weighted by molar-refractivity contribution is 7.71. The van der Waals surface area contributed by atoms with Gasteiger partial charge in [0.1, 0.15) is 11.3 Å². The van der Waals surface area contributed by atoms with E-state index in [9.17, 15) is 14.9 Å². The van der Waals surface area contributed by atoms with E-state index >= 15 is 0 Å². The molecule has 0 fully saturated rings. The van der Waals surface area contributed by atoms with Gasteiger partial charge in [-0.3, -0.25) is 10.1 Å². The number of hydrogen-bond acceptors (Lipinski definition) is 6. The van der Waals surface area contributed by atoms with Gasteiger partial charge in [0.05, 0.1) is 11.5 Å². The molecule has 1 rings (SSSR count). The molecule has 0 aliphatic carbocycles. The summed E-state index contributed by atoms with van der Waals surface area (Å²) in [5.41, 5.74) is 0.416. The van der Waals surface area contributed by atoms with Gasteiger partial charge < -0.3 is 15.0 Å². The monoisotopic (exact) mass is 313 g/mol. The Labute approximate surface area is 127 Å². The maximum atomic E-state index is 12.1. The van der Waals surface area contributed by atoms with Gasteiger partial charge in [-0.1, -0.05) is 25.6 Å². The fraction of sp³-hybridized carbons (Fsp3) is 0.538. The minimum atomic E-state index is -0.608. The molecule has 0 saturated heterocycles. The first-order valence-corrected chi connectivity index (χ1v) is 7.17. The van der Waals surface area contributed by atoms with Crippen molar-refractivity contribution < 1.29 is 14.5 Å². The van der Waals surface area contributed by atoms with Gasteiger partial charge in [-0.15, -0.1) is 0 Å². The molecule has 0 unspecified atom stereocenters.